The summed E-state index contributed by atoms with van der Waals surface area (Å²) in [6, 6.07) is 7.49. The molecule has 0 bridgehead atoms. The molecule has 0 radical (unpaired) electrons. The van der Waals surface area contributed by atoms with Crippen LogP contribution in [0.3, 0.4) is 0 Å². The van der Waals surface area contributed by atoms with Crippen LogP contribution >= 0.6 is 0 Å². The number of rotatable bonds is 4. The Balaban J connectivity index is 1.68. The van der Waals surface area contributed by atoms with Crippen molar-refractivity contribution in [1.82, 2.24) is 14.9 Å². The lowest BCUT2D eigenvalue weighted by molar-refractivity contribution is -0.000145. The Labute approximate surface area is 148 Å². The van der Waals surface area contributed by atoms with E-state index in [1.54, 1.807) is 30.5 Å². The van der Waals surface area contributed by atoms with Crippen LogP contribution in [0.4, 0.5) is 5.82 Å². The number of likely N-dealkylation sites (N-methyl/N-ethyl adjacent to an activating group) is 1. The van der Waals surface area contributed by atoms with E-state index in [9.17, 15) is 9.90 Å². The van der Waals surface area contributed by atoms with E-state index in [0.717, 1.165) is 24.3 Å². The number of hydrogen-bond acceptors (Lipinski definition) is 5. The maximum atomic E-state index is 12.6. The number of amides is 1. The van der Waals surface area contributed by atoms with E-state index in [0.29, 0.717) is 18.5 Å². The number of nitrogens with zero attached hydrogens (tertiary/aromatic N) is 4. The Hall–Kier alpha value is -2.47. The van der Waals surface area contributed by atoms with E-state index >= 15 is 0 Å². The quantitative estimate of drug-likeness (QED) is 0.920. The zero-order valence-corrected chi connectivity index (χ0v) is 14.7. The summed E-state index contributed by atoms with van der Waals surface area (Å²) < 4.78 is 0. The number of aromatic nitrogens is 2. The number of aliphatic hydroxyl groups is 1. The van der Waals surface area contributed by atoms with Crippen molar-refractivity contribution in [2.45, 2.75) is 25.4 Å². The minimum absolute atomic E-state index is 0.0787. The van der Waals surface area contributed by atoms with Gasteiger partial charge in [-0.05, 0) is 31.9 Å². The third-order valence-electron chi connectivity index (χ3n) is 4.61. The molecule has 0 aliphatic carbocycles. The molecule has 1 amide bonds. The van der Waals surface area contributed by atoms with Gasteiger partial charge in [0.25, 0.3) is 5.91 Å². The van der Waals surface area contributed by atoms with Gasteiger partial charge >= 0.3 is 0 Å². The Morgan fingerprint density at radius 2 is 2.08 bits per heavy atom. The van der Waals surface area contributed by atoms with Crippen LogP contribution in [0.25, 0.3) is 0 Å². The fourth-order valence-corrected chi connectivity index (χ4v) is 3.32. The van der Waals surface area contributed by atoms with Crippen LogP contribution in [-0.2, 0) is 0 Å². The van der Waals surface area contributed by atoms with E-state index in [1.165, 1.54) is 0 Å². The van der Waals surface area contributed by atoms with Crippen LogP contribution in [0.2, 0.25) is 0 Å². The third kappa shape index (κ3) is 4.14. The summed E-state index contributed by atoms with van der Waals surface area (Å²) >= 11 is 0. The molecule has 1 aliphatic rings. The molecule has 1 atom stereocenters. The standard InChI is InChI=1S/C19H24N4O2/c1-15-4-6-16(7-5-15)18(24)22(2)13-19(25)8-3-11-23(14-19)17-12-20-9-10-21-17/h4-7,9-10,12,25H,3,8,11,13-14H2,1-2H3/t19-/m1/s1. The van der Waals surface area contributed by atoms with Crippen LogP contribution in [0, 0.1) is 6.92 Å². The molecule has 132 valence electrons. The SMILES string of the molecule is Cc1ccc(C(=O)N(C)C[C@]2(O)CCCN(c3cnccn3)C2)cc1. The van der Waals surface area contributed by atoms with Crippen molar-refractivity contribution < 1.29 is 9.90 Å². The van der Waals surface area contributed by atoms with Gasteiger partial charge in [0.1, 0.15) is 5.82 Å². The minimum Gasteiger partial charge on any atom is -0.386 e. The molecular formula is C19H24N4O2. The van der Waals surface area contributed by atoms with Gasteiger partial charge in [-0.25, -0.2) is 4.98 Å². The fraction of sp³-hybridized carbons (Fsp3) is 0.421. The molecule has 6 nitrogen and oxygen atoms in total. The molecule has 0 saturated carbocycles. The van der Waals surface area contributed by atoms with Gasteiger partial charge in [-0.15, -0.1) is 0 Å². The summed E-state index contributed by atoms with van der Waals surface area (Å²) in [6.45, 7) is 3.55. The lowest BCUT2D eigenvalue weighted by Gasteiger charge is -2.41. The molecule has 1 saturated heterocycles. The maximum Gasteiger partial charge on any atom is 0.253 e. The van der Waals surface area contributed by atoms with E-state index in [1.807, 2.05) is 36.1 Å². The highest BCUT2D eigenvalue weighted by Gasteiger charge is 2.36. The van der Waals surface area contributed by atoms with Gasteiger partial charge in [0.2, 0.25) is 0 Å². The first-order valence-electron chi connectivity index (χ1n) is 8.52. The number of carbonyl (C=O) groups excluding carboxylic acids is 1. The van der Waals surface area contributed by atoms with Crippen LogP contribution < -0.4 is 4.90 Å². The van der Waals surface area contributed by atoms with E-state index in [-0.39, 0.29) is 12.5 Å². The number of piperidine rings is 1. The van der Waals surface area contributed by atoms with E-state index in [2.05, 4.69) is 9.97 Å². The number of carbonyl (C=O) groups is 1. The molecule has 0 spiro atoms. The molecule has 1 aromatic carbocycles. The molecule has 0 unspecified atom stereocenters. The molecular weight excluding hydrogens is 316 g/mol. The lowest BCUT2D eigenvalue weighted by atomic mass is 9.92. The second-order valence-electron chi connectivity index (χ2n) is 6.84. The molecule has 1 fully saturated rings. The molecule has 6 heteroatoms. The van der Waals surface area contributed by atoms with Gasteiger partial charge in [-0.3, -0.25) is 9.78 Å². The van der Waals surface area contributed by atoms with Crippen molar-refractivity contribution in [3.63, 3.8) is 0 Å². The Morgan fingerprint density at radius 1 is 1.32 bits per heavy atom. The van der Waals surface area contributed by atoms with Gasteiger partial charge in [0, 0.05) is 38.1 Å². The molecule has 3 rings (SSSR count). The monoisotopic (exact) mass is 340 g/mol. The lowest BCUT2D eigenvalue weighted by Crippen LogP contribution is -2.54. The summed E-state index contributed by atoms with van der Waals surface area (Å²) in [4.78, 5) is 24.6. The summed E-state index contributed by atoms with van der Waals surface area (Å²) in [6.07, 6.45) is 6.49. The zero-order valence-electron chi connectivity index (χ0n) is 14.7. The molecule has 25 heavy (non-hydrogen) atoms. The van der Waals surface area contributed by atoms with Crippen molar-refractivity contribution in [2.24, 2.45) is 0 Å². The van der Waals surface area contributed by atoms with Crippen molar-refractivity contribution >= 4 is 11.7 Å². The van der Waals surface area contributed by atoms with E-state index < -0.39 is 5.60 Å². The highest BCUT2D eigenvalue weighted by molar-refractivity contribution is 5.94. The van der Waals surface area contributed by atoms with Crippen LogP contribution in [0.5, 0.6) is 0 Å². The molecule has 1 N–H and O–H groups in total. The van der Waals surface area contributed by atoms with Gasteiger partial charge < -0.3 is 14.9 Å². The molecule has 2 heterocycles. The predicted octanol–water partition coefficient (Wildman–Crippen LogP) is 1.89. The second-order valence-corrected chi connectivity index (χ2v) is 6.84. The number of benzene rings is 1. The first kappa shape index (κ1) is 17.4. The molecule has 2 aromatic rings. The predicted molar refractivity (Wildman–Crippen MR) is 96.6 cm³/mol. The first-order valence-corrected chi connectivity index (χ1v) is 8.52. The minimum atomic E-state index is -0.953. The molecule has 1 aromatic heterocycles. The number of anilines is 1. The van der Waals surface area contributed by atoms with Gasteiger partial charge in [0.15, 0.2) is 0 Å². The summed E-state index contributed by atoms with van der Waals surface area (Å²) in [5.74, 6) is 0.679. The van der Waals surface area contributed by atoms with Crippen molar-refractivity contribution in [3.8, 4) is 0 Å². The fourth-order valence-electron chi connectivity index (χ4n) is 3.32. The van der Waals surface area contributed by atoms with Crippen LogP contribution in [-0.4, -0.2) is 58.2 Å². The second kappa shape index (κ2) is 7.19. The largest absolute Gasteiger partial charge is 0.386 e. The highest BCUT2D eigenvalue weighted by Crippen LogP contribution is 2.25. The summed E-state index contributed by atoms with van der Waals surface area (Å²) in [5.41, 5.74) is 0.799. The van der Waals surface area contributed by atoms with Gasteiger partial charge in [-0.1, -0.05) is 17.7 Å². The smallest absolute Gasteiger partial charge is 0.253 e. The topological polar surface area (TPSA) is 69.6 Å². The Bertz CT molecular complexity index is 720. The number of aryl methyl sites for hydroxylation is 1. The maximum absolute atomic E-state index is 12.6. The zero-order chi connectivity index (χ0) is 17.9. The number of β-amino-alcohol motifs (C(OH)–C–C–N with tert-alkyl or cyclic N) is 1. The summed E-state index contributed by atoms with van der Waals surface area (Å²) in [7, 11) is 1.74. The number of hydrogen-bond donors (Lipinski definition) is 1. The Kier molecular flexibility index (Phi) is 4.99. The van der Waals surface area contributed by atoms with Crippen molar-refractivity contribution in [3.05, 3.63) is 54.0 Å². The van der Waals surface area contributed by atoms with Crippen LogP contribution in [0.1, 0.15) is 28.8 Å². The summed E-state index contributed by atoms with van der Waals surface area (Å²) in [5, 5.41) is 11.0. The Morgan fingerprint density at radius 3 is 2.76 bits per heavy atom. The van der Waals surface area contributed by atoms with Gasteiger partial charge in [0.05, 0.1) is 18.3 Å². The first-order chi connectivity index (χ1) is 12.0. The molecule has 1 aliphatic heterocycles. The normalized spacial score (nSPS) is 20.4. The van der Waals surface area contributed by atoms with Gasteiger partial charge in [-0.2, -0.15) is 0 Å². The van der Waals surface area contributed by atoms with Crippen molar-refractivity contribution in [1.29, 1.82) is 0 Å². The average molecular weight is 340 g/mol. The highest BCUT2D eigenvalue weighted by atomic mass is 16.3. The van der Waals surface area contributed by atoms with Crippen molar-refractivity contribution in [2.75, 3.05) is 31.6 Å². The van der Waals surface area contributed by atoms with Crippen LogP contribution in [0.15, 0.2) is 42.9 Å². The third-order valence-corrected chi connectivity index (χ3v) is 4.61. The van der Waals surface area contributed by atoms with E-state index in [4.69, 9.17) is 0 Å². The average Bonchev–Trinajstić information content (AvgIpc) is 2.62.